The molecule has 132 valence electrons. The van der Waals surface area contributed by atoms with E-state index in [9.17, 15) is 19.2 Å². The van der Waals surface area contributed by atoms with Gasteiger partial charge in [-0.3, -0.25) is 19.2 Å². The Morgan fingerprint density at radius 2 is 1.17 bits per heavy atom. The van der Waals surface area contributed by atoms with E-state index in [1.165, 1.54) is 0 Å². The van der Waals surface area contributed by atoms with Crippen LogP contribution in [0.3, 0.4) is 0 Å². The van der Waals surface area contributed by atoms with Gasteiger partial charge in [0.2, 0.25) is 0 Å². The molecule has 8 nitrogen and oxygen atoms in total. The molecule has 1 aliphatic rings. The first-order valence-electron chi connectivity index (χ1n) is 7.66. The van der Waals surface area contributed by atoms with E-state index < -0.39 is 11.9 Å². The second-order valence-corrected chi connectivity index (χ2v) is 5.00. The lowest BCUT2D eigenvalue weighted by atomic mass is 10.2. The molecule has 0 bridgehead atoms. The average Bonchev–Trinajstić information content (AvgIpc) is 2.45. The number of carbonyl (C=O) groups excluding carboxylic acids is 2. The molecule has 1 aliphatic heterocycles. The van der Waals surface area contributed by atoms with E-state index in [2.05, 4.69) is 0 Å². The number of hydrogen-bond acceptors (Lipinski definition) is 6. The smallest absolute Gasteiger partial charge is 0.305 e. The molecular weight excluding hydrogens is 308 g/mol. The first-order chi connectivity index (χ1) is 10.9. The van der Waals surface area contributed by atoms with Gasteiger partial charge in [0, 0.05) is 25.7 Å². The van der Waals surface area contributed by atoms with E-state index in [0.29, 0.717) is 38.9 Å². The zero-order chi connectivity index (χ0) is 17.5. The Morgan fingerprint density at radius 3 is 1.52 bits per heavy atom. The molecule has 0 amide bonds. The molecular formula is C15H24O8. The van der Waals surface area contributed by atoms with Gasteiger partial charge in [-0.15, -0.1) is 0 Å². The second kappa shape index (κ2) is 13.5. The lowest BCUT2D eigenvalue weighted by molar-refractivity contribution is -0.147. The van der Waals surface area contributed by atoms with Gasteiger partial charge >= 0.3 is 23.9 Å². The highest BCUT2D eigenvalue weighted by Crippen LogP contribution is 2.05. The van der Waals surface area contributed by atoms with E-state index >= 15 is 0 Å². The Balaban J connectivity index is 0.000000468. The van der Waals surface area contributed by atoms with Crippen molar-refractivity contribution in [2.45, 2.75) is 57.8 Å². The molecule has 0 aromatic heterocycles. The van der Waals surface area contributed by atoms with Gasteiger partial charge in [-0.1, -0.05) is 0 Å². The fraction of sp³-hybridized carbons (Fsp3) is 0.733. The van der Waals surface area contributed by atoms with E-state index in [-0.39, 0.29) is 31.2 Å². The highest BCUT2D eigenvalue weighted by atomic mass is 16.5. The summed E-state index contributed by atoms with van der Waals surface area (Å²) < 4.78 is 9.92. The highest BCUT2D eigenvalue weighted by Gasteiger charge is 2.07. The summed E-state index contributed by atoms with van der Waals surface area (Å²) in [5.74, 6) is -2.20. The quantitative estimate of drug-likeness (QED) is 0.745. The number of hydrogen-bond donors (Lipinski definition) is 2. The molecule has 0 unspecified atom stereocenters. The number of carbonyl (C=O) groups is 4. The molecule has 0 radical (unpaired) electrons. The summed E-state index contributed by atoms with van der Waals surface area (Å²) in [5.41, 5.74) is 0. The van der Waals surface area contributed by atoms with Crippen molar-refractivity contribution in [1.82, 2.24) is 0 Å². The zero-order valence-electron chi connectivity index (χ0n) is 13.1. The number of cyclic esters (lactones) is 2. The van der Waals surface area contributed by atoms with Gasteiger partial charge in [-0.05, 0) is 32.1 Å². The molecule has 8 heteroatoms. The Bertz CT molecular complexity index is 355. The molecule has 0 saturated carbocycles. The van der Waals surface area contributed by atoms with Crippen LogP contribution in [-0.2, 0) is 28.7 Å². The third-order valence-electron chi connectivity index (χ3n) is 2.86. The first-order valence-corrected chi connectivity index (χ1v) is 7.66. The number of ether oxygens (including phenoxy) is 2. The van der Waals surface area contributed by atoms with Crippen molar-refractivity contribution in [3.63, 3.8) is 0 Å². The lowest BCUT2D eigenvalue weighted by Crippen LogP contribution is -2.11. The molecule has 0 aromatic carbocycles. The molecule has 2 N–H and O–H groups in total. The predicted molar refractivity (Wildman–Crippen MR) is 78.7 cm³/mol. The normalized spacial score (nSPS) is 16.5. The molecule has 1 heterocycles. The molecule has 0 aromatic rings. The van der Waals surface area contributed by atoms with Crippen molar-refractivity contribution >= 4 is 23.9 Å². The Labute approximate surface area is 134 Å². The Morgan fingerprint density at radius 1 is 0.783 bits per heavy atom. The second-order valence-electron chi connectivity index (χ2n) is 5.00. The fourth-order valence-corrected chi connectivity index (χ4v) is 1.65. The largest absolute Gasteiger partial charge is 0.481 e. The van der Waals surface area contributed by atoms with Crippen molar-refractivity contribution in [2.24, 2.45) is 0 Å². The van der Waals surface area contributed by atoms with Crippen molar-refractivity contribution in [1.29, 1.82) is 0 Å². The molecule has 0 aliphatic carbocycles. The van der Waals surface area contributed by atoms with Gasteiger partial charge in [0.25, 0.3) is 0 Å². The minimum atomic E-state index is -0.948. The van der Waals surface area contributed by atoms with Crippen molar-refractivity contribution in [3.05, 3.63) is 0 Å². The minimum absolute atomic E-state index is 0.0632. The molecule has 1 rings (SSSR count). The monoisotopic (exact) mass is 332 g/mol. The van der Waals surface area contributed by atoms with Crippen molar-refractivity contribution in [2.75, 3.05) is 13.2 Å². The van der Waals surface area contributed by atoms with E-state index in [1.807, 2.05) is 0 Å². The summed E-state index contributed by atoms with van der Waals surface area (Å²) in [5, 5.41) is 16.1. The third kappa shape index (κ3) is 16.1. The van der Waals surface area contributed by atoms with Crippen LogP contribution < -0.4 is 0 Å². The van der Waals surface area contributed by atoms with Crippen LogP contribution in [0.25, 0.3) is 0 Å². The van der Waals surface area contributed by atoms with Crippen LogP contribution in [-0.4, -0.2) is 47.3 Å². The standard InChI is InChI=1S/C10H16O4.C5H8O4/c11-9-5-1-2-6-10(12)14-8-4-3-7-13-9;6-4(7)2-1-3-5(8)9/h1-8H2;1-3H2,(H,6,7)(H,8,9). The Kier molecular flexibility index (Phi) is 12.3. The molecule has 23 heavy (non-hydrogen) atoms. The van der Waals surface area contributed by atoms with Gasteiger partial charge in [0.15, 0.2) is 0 Å². The number of carboxylic acid groups (broad SMARTS) is 2. The average molecular weight is 332 g/mol. The Hall–Kier alpha value is -2.12. The number of esters is 2. The zero-order valence-corrected chi connectivity index (χ0v) is 13.1. The summed E-state index contributed by atoms with van der Waals surface area (Å²) in [7, 11) is 0. The number of aliphatic carboxylic acids is 2. The third-order valence-corrected chi connectivity index (χ3v) is 2.86. The molecule has 1 saturated heterocycles. The van der Waals surface area contributed by atoms with Gasteiger partial charge in [-0.2, -0.15) is 0 Å². The van der Waals surface area contributed by atoms with Crippen LogP contribution in [0.15, 0.2) is 0 Å². The van der Waals surface area contributed by atoms with Gasteiger partial charge in [0.1, 0.15) is 0 Å². The molecule has 0 atom stereocenters. The van der Waals surface area contributed by atoms with Crippen LogP contribution in [0.4, 0.5) is 0 Å². The van der Waals surface area contributed by atoms with Gasteiger partial charge in [-0.25, -0.2) is 0 Å². The summed E-state index contributed by atoms with van der Waals surface area (Å²) in [6.45, 7) is 0.882. The lowest BCUT2D eigenvalue weighted by Gasteiger charge is -2.08. The maximum absolute atomic E-state index is 11.0. The van der Waals surface area contributed by atoms with Crippen LogP contribution in [0.5, 0.6) is 0 Å². The van der Waals surface area contributed by atoms with Crippen LogP contribution in [0.2, 0.25) is 0 Å². The number of carboxylic acids is 2. The van der Waals surface area contributed by atoms with Gasteiger partial charge in [0.05, 0.1) is 13.2 Å². The topological polar surface area (TPSA) is 127 Å². The minimum Gasteiger partial charge on any atom is -0.481 e. The SMILES string of the molecule is O=C(O)CCCC(=O)O.O=C1CCCCC(=O)OCCCCO1. The van der Waals surface area contributed by atoms with Crippen LogP contribution in [0.1, 0.15) is 57.8 Å². The van der Waals surface area contributed by atoms with Crippen molar-refractivity contribution in [3.8, 4) is 0 Å². The number of rotatable bonds is 4. The van der Waals surface area contributed by atoms with E-state index in [4.69, 9.17) is 19.7 Å². The van der Waals surface area contributed by atoms with Gasteiger partial charge < -0.3 is 19.7 Å². The van der Waals surface area contributed by atoms with Crippen LogP contribution >= 0.6 is 0 Å². The summed E-state index contributed by atoms with van der Waals surface area (Å²) >= 11 is 0. The van der Waals surface area contributed by atoms with Crippen LogP contribution in [0, 0.1) is 0 Å². The van der Waals surface area contributed by atoms with E-state index in [0.717, 1.165) is 12.8 Å². The van der Waals surface area contributed by atoms with E-state index in [1.54, 1.807) is 0 Å². The predicted octanol–water partition coefficient (Wildman–Crippen LogP) is 1.75. The summed E-state index contributed by atoms with van der Waals surface area (Å²) in [4.78, 5) is 41.7. The maximum atomic E-state index is 11.0. The van der Waals surface area contributed by atoms with Crippen molar-refractivity contribution < 1.29 is 38.9 Å². The fourth-order valence-electron chi connectivity index (χ4n) is 1.65. The molecule has 1 fully saturated rings. The molecule has 0 spiro atoms. The maximum Gasteiger partial charge on any atom is 0.305 e. The first kappa shape index (κ1) is 20.9. The highest BCUT2D eigenvalue weighted by molar-refractivity contribution is 5.71. The summed E-state index contributed by atoms with van der Waals surface area (Å²) in [6, 6.07) is 0. The summed E-state index contributed by atoms with van der Waals surface area (Å²) in [6.07, 6.45) is 3.84.